The lowest BCUT2D eigenvalue weighted by molar-refractivity contribution is -0.384. The van der Waals surface area contributed by atoms with Crippen LogP contribution in [0.2, 0.25) is 5.28 Å². The Balaban J connectivity index is 2.40. The molecule has 6 nitrogen and oxygen atoms in total. The second-order valence-corrected chi connectivity index (χ2v) is 4.42. The van der Waals surface area contributed by atoms with E-state index in [9.17, 15) is 23.3 Å². The molecule has 1 heterocycles. The zero-order chi connectivity index (χ0) is 14.2. The van der Waals surface area contributed by atoms with Crippen LogP contribution in [0.3, 0.4) is 0 Å². The van der Waals surface area contributed by atoms with Gasteiger partial charge in [0.05, 0.1) is 4.92 Å². The largest absolute Gasteiger partial charge is 0.405 e. The lowest BCUT2D eigenvalue weighted by Crippen LogP contribution is -2.37. The van der Waals surface area contributed by atoms with Crippen LogP contribution in [-0.4, -0.2) is 33.7 Å². The first-order chi connectivity index (χ1) is 8.78. The van der Waals surface area contributed by atoms with E-state index in [0.717, 1.165) is 11.1 Å². The predicted octanol–water partition coefficient (Wildman–Crippen LogP) is 2.57. The molecular formula is C9H8ClF3N4O2. The van der Waals surface area contributed by atoms with Crippen LogP contribution in [0.4, 0.5) is 24.7 Å². The second-order valence-electron chi connectivity index (χ2n) is 4.08. The van der Waals surface area contributed by atoms with Crippen LogP contribution in [0.1, 0.15) is 12.8 Å². The Labute approximate surface area is 110 Å². The highest BCUT2D eigenvalue weighted by molar-refractivity contribution is 6.28. The Kier molecular flexibility index (Phi) is 3.48. The molecule has 0 spiro atoms. The van der Waals surface area contributed by atoms with Crippen molar-refractivity contribution in [1.82, 2.24) is 9.97 Å². The zero-order valence-corrected chi connectivity index (χ0v) is 10.1. The van der Waals surface area contributed by atoms with Gasteiger partial charge >= 0.3 is 11.9 Å². The molecule has 1 aliphatic rings. The van der Waals surface area contributed by atoms with Gasteiger partial charge in [-0.2, -0.15) is 18.2 Å². The minimum atomic E-state index is -4.48. The number of aromatic nitrogens is 2. The van der Waals surface area contributed by atoms with E-state index in [1.54, 1.807) is 0 Å². The van der Waals surface area contributed by atoms with Gasteiger partial charge in [-0.3, -0.25) is 10.1 Å². The SMILES string of the molecule is O=[N+]([O-])c1cnc(Cl)nc1N(CC(F)(F)F)C1CC1. The summed E-state index contributed by atoms with van der Waals surface area (Å²) in [4.78, 5) is 17.9. The molecule has 0 aromatic carbocycles. The summed E-state index contributed by atoms with van der Waals surface area (Å²) in [5.41, 5.74) is -0.583. The maximum absolute atomic E-state index is 12.5. The summed E-state index contributed by atoms with van der Waals surface area (Å²) >= 11 is 5.51. The highest BCUT2D eigenvalue weighted by Gasteiger charge is 2.41. The van der Waals surface area contributed by atoms with Gasteiger partial charge in [-0.25, -0.2) is 4.98 Å². The summed E-state index contributed by atoms with van der Waals surface area (Å²) < 4.78 is 37.6. The Bertz CT molecular complexity index is 507. The van der Waals surface area contributed by atoms with Crippen LogP contribution in [-0.2, 0) is 0 Å². The molecule has 0 bridgehead atoms. The lowest BCUT2D eigenvalue weighted by atomic mass is 10.4. The van der Waals surface area contributed by atoms with Gasteiger partial charge in [0.25, 0.3) is 0 Å². The van der Waals surface area contributed by atoms with Crippen LogP contribution >= 0.6 is 11.6 Å². The minimum absolute atomic E-state index is 0.326. The monoisotopic (exact) mass is 296 g/mol. The van der Waals surface area contributed by atoms with Gasteiger partial charge < -0.3 is 4.90 Å². The molecule has 0 saturated heterocycles. The molecule has 1 aromatic heterocycles. The van der Waals surface area contributed by atoms with E-state index >= 15 is 0 Å². The number of hydrogen-bond acceptors (Lipinski definition) is 5. The third-order valence-corrected chi connectivity index (χ3v) is 2.71. The van der Waals surface area contributed by atoms with Gasteiger partial charge in [-0.05, 0) is 24.4 Å². The van der Waals surface area contributed by atoms with Crippen LogP contribution in [0, 0.1) is 10.1 Å². The lowest BCUT2D eigenvalue weighted by Gasteiger charge is -2.24. The van der Waals surface area contributed by atoms with E-state index in [4.69, 9.17) is 11.6 Å². The van der Waals surface area contributed by atoms with Crippen LogP contribution < -0.4 is 4.90 Å². The van der Waals surface area contributed by atoms with Gasteiger partial charge in [-0.15, -0.1) is 0 Å². The van der Waals surface area contributed by atoms with Crippen molar-refractivity contribution in [1.29, 1.82) is 0 Å². The molecule has 104 valence electrons. The Morgan fingerprint density at radius 1 is 1.53 bits per heavy atom. The highest BCUT2D eigenvalue weighted by Crippen LogP contribution is 2.37. The van der Waals surface area contributed by atoms with E-state index in [1.165, 1.54) is 0 Å². The van der Waals surface area contributed by atoms with Gasteiger partial charge in [0.1, 0.15) is 12.7 Å². The maximum atomic E-state index is 12.5. The minimum Gasteiger partial charge on any atom is -0.339 e. The summed E-state index contributed by atoms with van der Waals surface area (Å²) in [6.07, 6.45) is -2.59. The number of nitrogens with zero attached hydrogens (tertiary/aromatic N) is 4. The van der Waals surface area contributed by atoms with Crippen LogP contribution in [0.25, 0.3) is 0 Å². The standard InChI is InChI=1S/C9H8ClF3N4O2/c10-8-14-3-6(17(18)19)7(15-8)16(5-1-2-5)4-9(11,12)13/h3,5H,1-2,4H2. The smallest absolute Gasteiger partial charge is 0.339 e. The summed E-state index contributed by atoms with van der Waals surface area (Å²) in [6, 6.07) is -0.397. The van der Waals surface area contributed by atoms with Crippen LogP contribution in [0.15, 0.2) is 6.20 Å². The van der Waals surface area contributed by atoms with Crippen molar-refractivity contribution in [3.8, 4) is 0 Å². The van der Waals surface area contributed by atoms with Gasteiger partial charge in [0.2, 0.25) is 11.1 Å². The average molecular weight is 297 g/mol. The molecule has 0 aliphatic heterocycles. The van der Waals surface area contributed by atoms with Crippen molar-refractivity contribution in [3.05, 3.63) is 21.6 Å². The van der Waals surface area contributed by atoms with E-state index in [1.807, 2.05) is 0 Å². The molecule has 19 heavy (non-hydrogen) atoms. The molecule has 0 unspecified atom stereocenters. The molecule has 0 amide bonds. The molecule has 1 aliphatic carbocycles. The summed E-state index contributed by atoms with van der Waals surface area (Å²) in [6.45, 7) is -1.30. The third-order valence-electron chi connectivity index (χ3n) is 2.53. The topological polar surface area (TPSA) is 72.2 Å². The molecule has 0 atom stereocenters. The van der Waals surface area contributed by atoms with Gasteiger partial charge in [0.15, 0.2) is 0 Å². The molecule has 1 aromatic rings. The fraction of sp³-hybridized carbons (Fsp3) is 0.556. The number of rotatable bonds is 4. The maximum Gasteiger partial charge on any atom is 0.405 e. The van der Waals surface area contributed by atoms with Gasteiger partial charge in [-0.1, -0.05) is 0 Å². The number of nitro groups is 1. The zero-order valence-electron chi connectivity index (χ0n) is 9.39. The molecule has 0 radical (unpaired) electrons. The molecule has 10 heteroatoms. The van der Waals surface area contributed by atoms with Crippen molar-refractivity contribution in [2.45, 2.75) is 25.1 Å². The van der Waals surface area contributed by atoms with Crippen molar-refractivity contribution >= 4 is 23.1 Å². The molecular weight excluding hydrogens is 289 g/mol. The third kappa shape index (κ3) is 3.43. The Morgan fingerprint density at radius 2 is 2.16 bits per heavy atom. The first-order valence-corrected chi connectivity index (χ1v) is 5.66. The van der Waals surface area contributed by atoms with E-state index in [-0.39, 0.29) is 11.1 Å². The van der Waals surface area contributed by atoms with Crippen molar-refractivity contribution in [2.75, 3.05) is 11.4 Å². The van der Waals surface area contributed by atoms with E-state index in [2.05, 4.69) is 9.97 Å². The molecule has 1 fully saturated rings. The number of halogens is 4. The van der Waals surface area contributed by atoms with E-state index < -0.39 is 29.4 Å². The van der Waals surface area contributed by atoms with Gasteiger partial charge in [0, 0.05) is 6.04 Å². The number of anilines is 1. The summed E-state index contributed by atoms with van der Waals surface area (Å²) in [5, 5.41) is 10.5. The van der Waals surface area contributed by atoms with Crippen LogP contribution in [0.5, 0.6) is 0 Å². The molecule has 0 N–H and O–H groups in total. The van der Waals surface area contributed by atoms with Crippen molar-refractivity contribution in [3.63, 3.8) is 0 Å². The number of hydrogen-bond donors (Lipinski definition) is 0. The first-order valence-electron chi connectivity index (χ1n) is 5.28. The fourth-order valence-corrected chi connectivity index (χ4v) is 1.77. The summed E-state index contributed by atoms with van der Waals surface area (Å²) in [5.74, 6) is -0.384. The van der Waals surface area contributed by atoms with E-state index in [0.29, 0.717) is 12.8 Å². The quantitative estimate of drug-likeness (QED) is 0.485. The Hall–Kier alpha value is -1.64. The number of alkyl halides is 3. The fourth-order valence-electron chi connectivity index (χ4n) is 1.64. The molecule has 1 saturated carbocycles. The summed E-state index contributed by atoms with van der Waals surface area (Å²) in [7, 11) is 0. The molecule has 2 rings (SSSR count). The first kappa shape index (κ1) is 13.8. The van der Waals surface area contributed by atoms with Crippen molar-refractivity contribution < 1.29 is 18.1 Å². The second kappa shape index (κ2) is 4.80. The normalized spacial score (nSPS) is 15.4. The Morgan fingerprint density at radius 3 is 2.63 bits per heavy atom. The average Bonchev–Trinajstić information content (AvgIpc) is 3.07. The van der Waals surface area contributed by atoms with Crippen molar-refractivity contribution in [2.24, 2.45) is 0 Å². The highest BCUT2D eigenvalue weighted by atomic mass is 35.5. The predicted molar refractivity (Wildman–Crippen MR) is 60.1 cm³/mol.